The van der Waals surface area contributed by atoms with Crippen molar-refractivity contribution in [1.82, 2.24) is 5.32 Å². The van der Waals surface area contributed by atoms with Crippen LogP contribution in [0.3, 0.4) is 0 Å². The summed E-state index contributed by atoms with van der Waals surface area (Å²) >= 11 is 0.565. The third-order valence-electron chi connectivity index (χ3n) is 2.00. The Labute approximate surface area is 104 Å². The Morgan fingerprint density at radius 3 is 2.88 bits per heavy atom. The zero-order chi connectivity index (χ0) is 12.5. The summed E-state index contributed by atoms with van der Waals surface area (Å²) in [5.74, 6) is -0.812. The van der Waals surface area contributed by atoms with Crippen molar-refractivity contribution in [2.24, 2.45) is 0 Å². The molecule has 0 aromatic carbocycles. The number of halogens is 2. The maximum Gasteiger partial charge on any atom is 0.284 e. The van der Waals surface area contributed by atoms with Gasteiger partial charge in [0, 0.05) is 13.2 Å². The highest BCUT2D eigenvalue weighted by molar-refractivity contribution is 7.98. The average molecular weight is 265 g/mol. The predicted octanol–water partition coefficient (Wildman–Crippen LogP) is 2.86. The van der Waals surface area contributed by atoms with E-state index in [9.17, 15) is 8.78 Å². The Hall–Kier alpha value is -0.590. The van der Waals surface area contributed by atoms with E-state index in [0.29, 0.717) is 37.3 Å². The van der Waals surface area contributed by atoms with Crippen LogP contribution in [0, 0.1) is 0 Å². The Morgan fingerprint density at radius 1 is 1.41 bits per heavy atom. The summed E-state index contributed by atoms with van der Waals surface area (Å²) in [6.07, 6.45) is 0. The first kappa shape index (κ1) is 14.5. The molecule has 1 aromatic heterocycles. The van der Waals surface area contributed by atoms with E-state index in [1.54, 1.807) is 12.1 Å². The van der Waals surface area contributed by atoms with Gasteiger partial charge in [-0.25, -0.2) is 0 Å². The number of ether oxygens (including phenoxy) is 1. The molecule has 0 aliphatic carbocycles. The number of alkyl halides is 2. The molecule has 0 atom stereocenters. The van der Waals surface area contributed by atoms with Crippen molar-refractivity contribution >= 4 is 11.8 Å². The summed E-state index contributed by atoms with van der Waals surface area (Å²) in [6.45, 7) is 4.64. The summed E-state index contributed by atoms with van der Waals surface area (Å²) in [5, 5.41) is 3.14. The van der Waals surface area contributed by atoms with Gasteiger partial charge in [-0.2, -0.15) is 8.78 Å². The Bertz CT molecular complexity index is 307. The van der Waals surface area contributed by atoms with Gasteiger partial charge in [0.2, 0.25) is 0 Å². The quantitative estimate of drug-likeness (QED) is 0.696. The monoisotopic (exact) mass is 265 g/mol. The van der Waals surface area contributed by atoms with Crippen molar-refractivity contribution in [2.75, 3.05) is 19.8 Å². The van der Waals surface area contributed by atoms with Gasteiger partial charge >= 0.3 is 0 Å². The molecule has 98 valence electrons. The van der Waals surface area contributed by atoms with E-state index in [1.165, 1.54) is 0 Å². The average Bonchev–Trinajstić information content (AvgIpc) is 2.74. The Balaban J connectivity index is 2.17. The van der Waals surface area contributed by atoms with Gasteiger partial charge in [0.25, 0.3) is 5.76 Å². The summed E-state index contributed by atoms with van der Waals surface area (Å²) in [4.78, 5) is 0. The minimum atomic E-state index is -2.35. The fourth-order valence-corrected chi connectivity index (χ4v) is 1.69. The van der Waals surface area contributed by atoms with Crippen LogP contribution < -0.4 is 5.32 Å². The van der Waals surface area contributed by atoms with E-state index in [0.717, 1.165) is 12.3 Å². The van der Waals surface area contributed by atoms with Crippen LogP contribution in [0.2, 0.25) is 0 Å². The predicted molar refractivity (Wildman–Crippen MR) is 64.2 cm³/mol. The molecule has 0 unspecified atom stereocenters. The van der Waals surface area contributed by atoms with Crippen LogP contribution in [-0.2, 0) is 17.0 Å². The molecule has 1 heterocycles. The summed E-state index contributed by atoms with van der Waals surface area (Å²) in [6, 6.07) is 3.53. The minimum Gasteiger partial charge on any atom is -0.464 e. The van der Waals surface area contributed by atoms with Gasteiger partial charge in [-0.15, -0.1) is 0 Å². The summed E-state index contributed by atoms with van der Waals surface area (Å²) in [7, 11) is 0. The van der Waals surface area contributed by atoms with Gasteiger partial charge in [0.1, 0.15) is 11.5 Å². The van der Waals surface area contributed by atoms with Crippen LogP contribution in [0.1, 0.15) is 18.4 Å². The van der Waals surface area contributed by atoms with E-state index in [2.05, 4.69) is 5.32 Å². The number of rotatable bonds is 9. The lowest BCUT2D eigenvalue weighted by atomic mass is 10.4. The van der Waals surface area contributed by atoms with Crippen LogP contribution in [0.15, 0.2) is 16.5 Å². The molecular weight excluding hydrogens is 248 g/mol. The van der Waals surface area contributed by atoms with E-state index in [4.69, 9.17) is 9.15 Å². The van der Waals surface area contributed by atoms with Crippen molar-refractivity contribution in [3.63, 3.8) is 0 Å². The first-order chi connectivity index (χ1) is 8.22. The largest absolute Gasteiger partial charge is 0.464 e. The van der Waals surface area contributed by atoms with E-state index < -0.39 is 5.76 Å². The molecule has 0 aliphatic rings. The number of thioether (sulfide) groups is 1. The zero-order valence-corrected chi connectivity index (χ0v) is 10.6. The number of hydrogen-bond acceptors (Lipinski definition) is 4. The third kappa shape index (κ3) is 6.65. The molecule has 0 aliphatic heterocycles. The van der Waals surface area contributed by atoms with Gasteiger partial charge in [0.05, 0.1) is 18.9 Å². The van der Waals surface area contributed by atoms with Gasteiger partial charge < -0.3 is 14.5 Å². The zero-order valence-electron chi connectivity index (χ0n) is 9.75. The third-order valence-corrected chi connectivity index (χ3v) is 2.70. The number of hydrogen-bond donors (Lipinski definition) is 1. The highest BCUT2D eigenvalue weighted by Crippen LogP contribution is 2.21. The molecule has 0 amide bonds. The lowest BCUT2D eigenvalue weighted by Crippen LogP contribution is -2.18. The van der Waals surface area contributed by atoms with Gasteiger partial charge in [0.15, 0.2) is 0 Å². The van der Waals surface area contributed by atoms with Crippen molar-refractivity contribution in [3.05, 3.63) is 23.7 Å². The molecule has 1 aromatic rings. The summed E-state index contributed by atoms with van der Waals surface area (Å²) in [5.41, 5.74) is 0. The SMILES string of the molecule is CCOCCNCc1ccc(CSC(F)F)o1. The molecule has 1 N–H and O–H groups in total. The molecule has 0 saturated heterocycles. The highest BCUT2D eigenvalue weighted by Gasteiger charge is 2.06. The van der Waals surface area contributed by atoms with E-state index >= 15 is 0 Å². The maximum atomic E-state index is 11.9. The van der Waals surface area contributed by atoms with Gasteiger partial charge in [-0.3, -0.25) is 0 Å². The molecule has 1 rings (SSSR count). The van der Waals surface area contributed by atoms with Gasteiger partial charge in [-0.1, -0.05) is 11.8 Å². The van der Waals surface area contributed by atoms with Crippen molar-refractivity contribution in [3.8, 4) is 0 Å². The summed E-state index contributed by atoms with van der Waals surface area (Å²) < 4.78 is 34.4. The van der Waals surface area contributed by atoms with E-state index in [-0.39, 0.29) is 5.75 Å². The fourth-order valence-electron chi connectivity index (χ4n) is 1.24. The minimum absolute atomic E-state index is 0.205. The van der Waals surface area contributed by atoms with Gasteiger partial charge in [-0.05, 0) is 19.1 Å². The molecule has 0 radical (unpaired) electrons. The molecule has 17 heavy (non-hydrogen) atoms. The molecule has 0 bridgehead atoms. The lowest BCUT2D eigenvalue weighted by molar-refractivity contribution is 0.148. The maximum absolute atomic E-state index is 11.9. The molecule has 0 fully saturated rings. The Morgan fingerprint density at radius 2 is 2.18 bits per heavy atom. The van der Waals surface area contributed by atoms with E-state index in [1.807, 2.05) is 6.92 Å². The second-order valence-electron chi connectivity index (χ2n) is 3.31. The molecule has 0 spiro atoms. The first-order valence-electron chi connectivity index (χ1n) is 5.48. The Kier molecular flexibility index (Phi) is 7.23. The smallest absolute Gasteiger partial charge is 0.284 e. The second kappa shape index (κ2) is 8.49. The lowest BCUT2D eigenvalue weighted by Gasteiger charge is -2.02. The number of furan rings is 1. The highest BCUT2D eigenvalue weighted by atomic mass is 32.2. The van der Waals surface area contributed by atoms with Crippen LogP contribution in [0.25, 0.3) is 0 Å². The first-order valence-corrected chi connectivity index (χ1v) is 6.53. The standard InChI is InChI=1S/C11H17F2NO2S/c1-2-15-6-5-14-7-9-3-4-10(16-9)8-17-11(12)13/h3-4,11,14H,2,5-8H2,1H3. The molecule has 3 nitrogen and oxygen atoms in total. The fraction of sp³-hybridized carbons (Fsp3) is 0.636. The molecule has 0 saturated carbocycles. The van der Waals surface area contributed by atoms with Crippen LogP contribution in [-0.4, -0.2) is 25.5 Å². The molecular formula is C11H17F2NO2S. The van der Waals surface area contributed by atoms with Crippen molar-refractivity contribution in [1.29, 1.82) is 0 Å². The van der Waals surface area contributed by atoms with Crippen LogP contribution >= 0.6 is 11.8 Å². The van der Waals surface area contributed by atoms with Crippen LogP contribution in [0.4, 0.5) is 8.78 Å². The van der Waals surface area contributed by atoms with Crippen molar-refractivity contribution in [2.45, 2.75) is 25.0 Å². The topological polar surface area (TPSA) is 34.4 Å². The molecule has 6 heteroatoms. The van der Waals surface area contributed by atoms with Crippen molar-refractivity contribution < 1.29 is 17.9 Å². The van der Waals surface area contributed by atoms with Crippen LogP contribution in [0.5, 0.6) is 0 Å². The normalized spacial score (nSPS) is 11.3. The second-order valence-corrected chi connectivity index (χ2v) is 4.29. The number of nitrogens with one attached hydrogen (secondary N) is 1.